The predicted octanol–water partition coefficient (Wildman–Crippen LogP) is 3.89. The molecule has 5 nitrogen and oxygen atoms in total. The van der Waals surface area contributed by atoms with E-state index in [9.17, 15) is 10.1 Å². The van der Waals surface area contributed by atoms with Crippen molar-refractivity contribution in [2.24, 2.45) is 0 Å². The molecule has 0 aliphatic rings. The number of nitro groups is 1. The van der Waals surface area contributed by atoms with E-state index in [2.05, 4.69) is 25.2 Å². The molecule has 2 rings (SSSR count). The molecule has 1 aromatic heterocycles. The maximum atomic E-state index is 10.8. The zero-order valence-corrected chi connectivity index (χ0v) is 12.4. The summed E-state index contributed by atoms with van der Waals surface area (Å²) in [6.07, 6.45) is 0. The molecule has 0 amide bonds. The zero-order chi connectivity index (χ0) is 14.7. The lowest BCUT2D eigenvalue weighted by Crippen LogP contribution is -2.02. The molecule has 1 heterocycles. The minimum absolute atomic E-state index is 0.0477. The fourth-order valence-corrected chi connectivity index (χ4v) is 2.94. The molecular formula is C14H16N2O3S. The average Bonchev–Trinajstić information content (AvgIpc) is 2.74. The fraction of sp³-hybridized carbons (Fsp3) is 0.286. The van der Waals surface area contributed by atoms with Gasteiger partial charge in [-0.1, -0.05) is 0 Å². The van der Waals surface area contributed by atoms with Gasteiger partial charge in [0.15, 0.2) is 0 Å². The molecule has 0 unspecified atom stereocenters. The number of rotatable bonds is 5. The van der Waals surface area contributed by atoms with E-state index in [0.717, 1.165) is 0 Å². The highest BCUT2D eigenvalue weighted by atomic mass is 32.1. The number of thiophene rings is 1. The Morgan fingerprint density at radius 2 is 2.10 bits per heavy atom. The van der Waals surface area contributed by atoms with Crippen molar-refractivity contribution < 1.29 is 9.66 Å². The van der Waals surface area contributed by atoms with Crippen LogP contribution in [0.2, 0.25) is 0 Å². The SMILES string of the molecule is COc1ccc([N+](=O)[O-])cc1NCc1cc(C)sc1C. The topological polar surface area (TPSA) is 64.4 Å². The largest absolute Gasteiger partial charge is 0.495 e. The Labute approximate surface area is 121 Å². The van der Waals surface area contributed by atoms with Crippen LogP contribution in [0, 0.1) is 24.0 Å². The molecule has 0 atom stereocenters. The molecule has 1 aromatic carbocycles. The summed E-state index contributed by atoms with van der Waals surface area (Å²) in [4.78, 5) is 12.9. The van der Waals surface area contributed by atoms with Crippen LogP contribution in [0.5, 0.6) is 5.75 Å². The van der Waals surface area contributed by atoms with Crippen molar-refractivity contribution in [2.75, 3.05) is 12.4 Å². The van der Waals surface area contributed by atoms with Crippen LogP contribution in [0.4, 0.5) is 11.4 Å². The number of ether oxygens (including phenoxy) is 1. The number of nitrogens with zero attached hydrogens (tertiary/aromatic N) is 1. The van der Waals surface area contributed by atoms with Gasteiger partial charge in [-0.15, -0.1) is 11.3 Å². The van der Waals surface area contributed by atoms with Gasteiger partial charge in [0.05, 0.1) is 17.7 Å². The zero-order valence-electron chi connectivity index (χ0n) is 11.6. The molecule has 0 spiro atoms. The molecular weight excluding hydrogens is 276 g/mol. The summed E-state index contributed by atoms with van der Waals surface area (Å²) >= 11 is 1.74. The summed E-state index contributed by atoms with van der Waals surface area (Å²) < 4.78 is 5.22. The summed E-state index contributed by atoms with van der Waals surface area (Å²) in [5.74, 6) is 0.597. The van der Waals surface area contributed by atoms with Crippen LogP contribution in [0.1, 0.15) is 15.3 Å². The van der Waals surface area contributed by atoms with E-state index in [1.165, 1.54) is 27.5 Å². The predicted molar refractivity (Wildman–Crippen MR) is 80.8 cm³/mol. The van der Waals surface area contributed by atoms with Gasteiger partial charge in [-0.3, -0.25) is 10.1 Å². The number of methoxy groups -OCH3 is 1. The second-order valence-electron chi connectivity index (χ2n) is 4.43. The van der Waals surface area contributed by atoms with Gasteiger partial charge >= 0.3 is 0 Å². The van der Waals surface area contributed by atoms with Crippen LogP contribution < -0.4 is 10.1 Å². The quantitative estimate of drug-likeness (QED) is 0.670. The fourth-order valence-electron chi connectivity index (χ4n) is 2.00. The number of hydrogen-bond acceptors (Lipinski definition) is 5. The average molecular weight is 292 g/mol. The highest BCUT2D eigenvalue weighted by Gasteiger charge is 2.11. The molecule has 1 N–H and O–H groups in total. The molecule has 0 bridgehead atoms. The second kappa shape index (κ2) is 5.92. The van der Waals surface area contributed by atoms with Crippen molar-refractivity contribution >= 4 is 22.7 Å². The number of non-ortho nitro benzene ring substituents is 1. The summed E-state index contributed by atoms with van der Waals surface area (Å²) in [6, 6.07) is 6.65. The molecule has 0 aliphatic heterocycles. The van der Waals surface area contributed by atoms with Crippen LogP contribution in [0.25, 0.3) is 0 Å². The summed E-state index contributed by atoms with van der Waals surface area (Å²) in [5, 5.41) is 14.0. The van der Waals surface area contributed by atoms with Crippen molar-refractivity contribution in [2.45, 2.75) is 20.4 Å². The number of benzene rings is 1. The Balaban J connectivity index is 2.21. The van der Waals surface area contributed by atoms with E-state index in [0.29, 0.717) is 18.0 Å². The van der Waals surface area contributed by atoms with Gasteiger partial charge in [0.25, 0.3) is 5.69 Å². The van der Waals surface area contributed by atoms with Gasteiger partial charge in [0, 0.05) is 28.4 Å². The van der Waals surface area contributed by atoms with Gasteiger partial charge in [-0.25, -0.2) is 0 Å². The number of nitrogens with one attached hydrogen (secondary N) is 1. The van der Waals surface area contributed by atoms with Gasteiger partial charge in [-0.05, 0) is 31.5 Å². The first kappa shape index (κ1) is 14.3. The Morgan fingerprint density at radius 3 is 2.65 bits per heavy atom. The standard InChI is InChI=1S/C14H16N2O3S/c1-9-6-11(10(2)20-9)8-15-13-7-12(16(17)18)4-5-14(13)19-3/h4-7,15H,8H2,1-3H3. The van der Waals surface area contributed by atoms with Gasteiger partial charge in [0.2, 0.25) is 0 Å². The highest BCUT2D eigenvalue weighted by molar-refractivity contribution is 7.12. The van der Waals surface area contributed by atoms with Crippen molar-refractivity contribution in [1.29, 1.82) is 0 Å². The van der Waals surface area contributed by atoms with Crippen molar-refractivity contribution in [3.8, 4) is 5.75 Å². The van der Waals surface area contributed by atoms with E-state index < -0.39 is 4.92 Å². The number of hydrogen-bond donors (Lipinski definition) is 1. The first-order valence-electron chi connectivity index (χ1n) is 6.13. The smallest absolute Gasteiger partial charge is 0.271 e. The third kappa shape index (κ3) is 3.08. The third-order valence-electron chi connectivity index (χ3n) is 3.01. The maximum Gasteiger partial charge on any atom is 0.271 e. The van der Waals surface area contributed by atoms with E-state index in [-0.39, 0.29) is 5.69 Å². The molecule has 2 aromatic rings. The maximum absolute atomic E-state index is 10.8. The first-order chi connectivity index (χ1) is 9.51. The summed E-state index contributed by atoms with van der Waals surface area (Å²) in [7, 11) is 1.55. The van der Waals surface area contributed by atoms with E-state index in [1.54, 1.807) is 24.5 Å². The van der Waals surface area contributed by atoms with Crippen molar-refractivity contribution in [3.63, 3.8) is 0 Å². The monoisotopic (exact) mass is 292 g/mol. The molecule has 106 valence electrons. The van der Waals surface area contributed by atoms with Crippen molar-refractivity contribution in [1.82, 2.24) is 0 Å². The lowest BCUT2D eigenvalue weighted by molar-refractivity contribution is -0.384. The van der Waals surface area contributed by atoms with Crippen LogP contribution in [0.15, 0.2) is 24.3 Å². The summed E-state index contributed by atoms with van der Waals surface area (Å²) in [6.45, 7) is 4.75. The van der Waals surface area contributed by atoms with Gasteiger partial charge in [-0.2, -0.15) is 0 Å². The van der Waals surface area contributed by atoms with E-state index in [1.807, 2.05) is 0 Å². The lowest BCUT2D eigenvalue weighted by atomic mass is 10.2. The highest BCUT2D eigenvalue weighted by Crippen LogP contribution is 2.30. The van der Waals surface area contributed by atoms with Crippen LogP contribution in [0.3, 0.4) is 0 Å². The van der Waals surface area contributed by atoms with Gasteiger partial charge < -0.3 is 10.1 Å². The molecule has 6 heteroatoms. The molecule has 0 fully saturated rings. The number of aryl methyl sites for hydroxylation is 2. The number of nitro benzene ring substituents is 1. The molecule has 0 saturated heterocycles. The Morgan fingerprint density at radius 1 is 1.35 bits per heavy atom. The Bertz CT molecular complexity index is 637. The van der Waals surface area contributed by atoms with E-state index >= 15 is 0 Å². The molecule has 0 saturated carbocycles. The minimum atomic E-state index is -0.412. The number of anilines is 1. The minimum Gasteiger partial charge on any atom is -0.495 e. The molecule has 0 radical (unpaired) electrons. The van der Waals surface area contributed by atoms with E-state index in [4.69, 9.17) is 4.74 Å². The third-order valence-corrected chi connectivity index (χ3v) is 4.02. The molecule has 0 aliphatic carbocycles. The van der Waals surface area contributed by atoms with Crippen LogP contribution in [-0.2, 0) is 6.54 Å². The Hall–Kier alpha value is -2.08. The van der Waals surface area contributed by atoms with Crippen LogP contribution in [-0.4, -0.2) is 12.0 Å². The van der Waals surface area contributed by atoms with Gasteiger partial charge in [0.1, 0.15) is 5.75 Å². The Kier molecular flexibility index (Phi) is 4.24. The first-order valence-corrected chi connectivity index (χ1v) is 6.95. The normalized spacial score (nSPS) is 10.3. The summed E-state index contributed by atoms with van der Waals surface area (Å²) in [5.41, 5.74) is 1.87. The molecule has 20 heavy (non-hydrogen) atoms. The van der Waals surface area contributed by atoms with Crippen LogP contribution >= 0.6 is 11.3 Å². The lowest BCUT2D eigenvalue weighted by Gasteiger charge is -2.10. The second-order valence-corrected chi connectivity index (χ2v) is 5.89. The van der Waals surface area contributed by atoms with Crippen molar-refractivity contribution in [3.05, 3.63) is 49.7 Å².